The number of fused-ring (bicyclic) bond motifs is 1. The monoisotopic (exact) mass is 543 g/mol. The van der Waals surface area contributed by atoms with Crippen molar-refractivity contribution >= 4 is 56.6 Å². The molecular formula is C25H20ClF2N5O3S. The van der Waals surface area contributed by atoms with Gasteiger partial charge >= 0.3 is 0 Å². The lowest BCUT2D eigenvalue weighted by atomic mass is 10.0. The molecule has 3 amide bonds. The Morgan fingerprint density at radius 3 is 2.65 bits per heavy atom. The molecular weight excluding hydrogens is 524 g/mol. The van der Waals surface area contributed by atoms with Crippen LogP contribution in [0.4, 0.5) is 14.5 Å². The van der Waals surface area contributed by atoms with Crippen LogP contribution in [-0.4, -0.2) is 51.2 Å². The number of carbonyl (C=O) groups excluding carboxylic acids is 3. The number of amides is 3. The SMILES string of the molecule is NC(=O)c1nn(CC(=O)N2C[C@H](F)CC2C(=O)Nc2cccc(-c3ccccc3Cl)c2F)c2ccsc12. The van der Waals surface area contributed by atoms with Crippen LogP contribution in [0.2, 0.25) is 5.02 Å². The van der Waals surface area contributed by atoms with E-state index in [9.17, 15) is 18.8 Å². The van der Waals surface area contributed by atoms with E-state index in [2.05, 4.69) is 10.4 Å². The third-order valence-electron chi connectivity index (χ3n) is 6.17. The van der Waals surface area contributed by atoms with Crippen molar-refractivity contribution in [2.75, 3.05) is 11.9 Å². The molecule has 1 aliphatic rings. The molecule has 0 radical (unpaired) electrons. The van der Waals surface area contributed by atoms with Gasteiger partial charge in [0.2, 0.25) is 11.8 Å². The maximum Gasteiger partial charge on any atom is 0.270 e. The first-order chi connectivity index (χ1) is 17.7. The Labute approximate surface area is 218 Å². The molecule has 37 heavy (non-hydrogen) atoms. The lowest BCUT2D eigenvalue weighted by Gasteiger charge is -2.24. The molecule has 2 aromatic carbocycles. The summed E-state index contributed by atoms with van der Waals surface area (Å²) in [5.41, 5.74) is 6.47. The molecule has 5 rings (SSSR count). The summed E-state index contributed by atoms with van der Waals surface area (Å²) in [6, 6.07) is 11.7. The lowest BCUT2D eigenvalue weighted by molar-refractivity contribution is -0.137. The summed E-state index contributed by atoms with van der Waals surface area (Å²) >= 11 is 7.46. The summed E-state index contributed by atoms with van der Waals surface area (Å²) in [6.07, 6.45) is -1.66. The van der Waals surface area contributed by atoms with E-state index in [4.69, 9.17) is 17.3 Å². The fourth-order valence-corrected chi connectivity index (χ4v) is 5.56. The van der Waals surface area contributed by atoms with E-state index >= 15 is 4.39 Å². The van der Waals surface area contributed by atoms with Crippen molar-refractivity contribution in [2.45, 2.75) is 25.2 Å². The molecule has 2 aromatic heterocycles. The quantitative estimate of drug-likeness (QED) is 0.379. The number of carbonyl (C=O) groups is 3. The van der Waals surface area contributed by atoms with Crippen LogP contribution in [0.15, 0.2) is 53.9 Å². The molecule has 2 atom stereocenters. The molecule has 190 valence electrons. The first kappa shape index (κ1) is 24.8. The largest absolute Gasteiger partial charge is 0.364 e. The number of nitrogens with zero attached hydrogens (tertiary/aromatic N) is 3. The van der Waals surface area contributed by atoms with Gasteiger partial charge in [-0.15, -0.1) is 11.3 Å². The second-order valence-corrected chi connectivity index (χ2v) is 9.86. The van der Waals surface area contributed by atoms with Gasteiger partial charge in [0.1, 0.15) is 18.8 Å². The van der Waals surface area contributed by atoms with E-state index in [0.717, 1.165) is 4.90 Å². The summed E-state index contributed by atoms with van der Waals surface area (Å²) in [5.74, 6) is -2.73. The smallest absolute Gasteiger partial charge is 0.270 e. The summed E-state index contributed by atoms with van der Waals surface area (Å²) in [5, 5.41) is 8.69. The van der Waals surface area contributed by atoms with Gasteiger partial charge in [0.15, 0.2) is 11.5 Å². The Bertz CT molecular complexity index is 1540. The molecule has 3 heterocycles. The summed E-state index contributed by atoms with van der Waals surface area (Å²) < 4.78 is 31.6. The molecule has 3 N–H and O–H groups in total. The Balaban J connectivity index is 1.37. The van der Waals surface area contributed by atoms with Crippen molar-refractivity contribution in [1.29, 1.82) is 0 Å². The summed E-state index contributed by atoms with van der Waals surface area (Å²) in [6.45, 7) is -0.622. The minimum atomic E-state index is -1.43. The van der Waals surface area contributed by atoms with Gasteiger partial charge in [0, 0.05) is 22.6 Å². The highest BCUT2D eigenvalue weighted by atomic mass is 35.5. The zero-order valence-corrected chi connectivity index (χ0v) is 20.7. The number of nitrogens with one attached hydrogen (secondary N) is 1. The predicted molar refractivity (Wildman–Crippen MR) is 137 cm³/mol. The number of benzene rings is 2. The second-order valence-electron chi connectivity index (χ2n) is 8.54. The van der Waals surface area contributed by atoms with Crippen LogP contribution in [0.25, 0.3) is 21.3 Å². The average molecular weight is 544 g/mol. The molecule has 1 aliphatic heterocycles. The molecule has 1 saturated heterocycles. The van der Waals surface area contributed by atoms with Crippen molar-refractivity contribution in [1.82, 2.24) is 14.7 Å². The molecule has 8 nitrogen and oxygen atoms in total. The highest BCUT2D eigenvalue weighted by molar-refractivity contribution is 7.17. The summed E-state index contributed by atoms with van der Waals surface area (Å²) in [4.78, 5) is 39.1. The normalized spacial score (nSPS) is 17.3. The van der Waals surface area contributed by atoms with E-state index < -0.39 is 35.8 Å². The zero-order valence-electron chi connectivity index (χ0n) is 19.2. The standard InChI is InChI=1S/C25H20ClF2N5O3S/c26-16-6-2-1-4-14(16)15-5-3-7-17(21(15)28)30-25(36)19-10-13(27)11-32(19)20(34)12-33-18-8-9-37-23(18)22(31-33)24(29)35/h1-9,13,19H,10-12H2,(H2,29,35)(H,30,36)/t13-,19?/m1/s1. The zero-order chi connectivity index (χ0) is 26.3. The Kier molecular flexibility index (Phi) is 6.65. The number of aromatic nitrogens is 2. The number of anilines is 1. The first-order valence-corrected chi connectivity index (χ1v) is 12.5. The van der Waals surface area contributed by atoms with Crippen molar-refractivity contribution in [3.8, 4) is 11.1 Å². The third-order valence-corrected chi connectivity index (χ3v) is 7.41. The van der Waals surface area contributed by atoms with E-state index in [-0.39, 0.29) is 36.5 Å². The van der Waals surface area contributed by atoms with Gasteiger partial charge in [0.05, 0.1) is 22.4 Å². The molecule has 0 spiro atoms. The molecule has 0 saturated carbocycles. The van der Waals surface area contributed by atoms with E-state index in [1.54, 1.807) is 41.8 Å². The van der Waals surface area contributed by atoms with E-state index in [1.165, 1.54) is 28.2 Å². The minimum Gasteiger partial charge on any atom is -0.364 e. The highest BCUT2D eigenvalue weighted by Crippen LogP contribution is 2.33. The van der Waals surface area contributed by atoms with E-state index in [0.29, 0.717) is 20.8 Å². The number of likely N-dealkylation sites (tertiary alicyclic amines) is 1. The maximum absolute atomic E-state index is 15.3. The molecule has 1 unspecified atom stereocenters. The van der Waals surface area contributed by atoms with Crippen LogP contribution in [0.3, 0.4) is 0 Å². The average Bonchev–Trinajstić information content (AvgIpc) is 3.57. The fourth-order valence-electron chi connectivity index (χ4n) is 4.44. The van der Waals surface area contributed by atoms with Crippen molar-refractivity contribution in [3.05, 3.63) is 70.4 Å². The summed E-state index contributed by atoms with van der Waals surface area (Å²) in [7, 11) is 0. The highest BCUT2D eigenvalue weighted by Gasteiger charge is 2.40. The van der Waals surface area contributed by atoms with Crippen LogP contribution in [0, 0.1) is 5.82 Å². The third kappa shape index (κ3) is 4.67. The number of nitrogens with two attached hydrogens (primary N) is 1. The number of thiophene rings is 1. The van der Waals surface area contributed by atoms with Crippen LogP contribution < -0.4 is 11.1 Å². The molecule has 12 heteroatoms. The fraction of sp³-hybridized carbons (Fsp3) is 0.200. The van der Waals surface area contributed by atoms with Crippen molar-refractivity contribution in [3.63, 3.8) is 0 Å². The number of primary amides is 1. The Hall–Kier alpha value is -3.83. The molecule has 1 fully saturated rings. The number of hydrogen-bond acceptors (Lipinski definition) is 5. The van der Waals surface area contributed by atoms with Crippen molar-refractivity contribution in [2.24, 2.45) is 5.73 Å². The first-order valence-electron chi connectivity index (χ1n) is 11.3. The maximum atomic E-state index is 15.3. The lowest BCUT2D eigenvalue weighted by Crippen LogP contribution is -2.44. The van der Waals surface area contributed by atoms with Gasteiger partial charge < -0.3 is 16.0 Å². The van der Waals surface area contributed by atoms with Gasteiger partial charge in [-0.3, -0.25) is 19.1 Å². The predicted octanol–water partition coefficient (Wildman–Crippen LogP) is 4.23. The van der Waals surface area contributed by atoms with Crippen molar-refractivity contribution < 1.29 is 23.2 Å². The molecule has 0 aliphatic carbocycles. The minimum absolute atomic E-state index is 0.0331. The van der Waals surface area contributed by atoms with Crippen LogP contribution in [0.1, 0.15) is 16.9 Å². The van der Waals surface area contributed by atoms with Crippen LogP contribution in [-0.2, 0) is 16.1 Å². The number of hydrogen-bond donors (Lipinski definition) is 2. The van der Waals surface area contributed by atoms with Gasteiger partial charge in [0.25, 0.3) is 5.91 Å². The Morgan fingerprint density at radius 1 is 1.14 bits per heavy atom. The van der Waals surface area contributed by atoms with Crippen LogP contribution >= 0.6 is 22.9 Å². The van der Waals surface area contributed by atoms with Gasteiger partial charge in [-0.05, 0) is 23.6 Å². The van der Waals surface area contributed by atoms with E-state index in [1.807, 2.05) is 0 Å². The number of rotatable bonds is 6. The Morgan fingerprint density at radius 2 is 1.89 bits per heavy atom. The number of halogens is 3. The van der Waals surface area contributed by atoms with Gasteiger partial charge in [-0.25, -0.2) is 8.78 Å². The topological polar surface area (TPSA) is 110 Å². The van der Waals surface area contributed by atoms with Gasteiger partial charge in [-0.2, -0.15) is 5.10 Å². The molecule has 4 aromatic rings. The van der Waals surface area contributed by atoms with Crippen LogP contribution in [0.5, 0.6) is 0 Å². The van der Waals surface area contributed by atoms with Gasteiger partial charge in [-0.1, -0.05) is 41.9 Å². The second kappa shape index (κ2) is 9.91. The molecule has 0 bridgehead atoms. The number of alkyl halides is 1.